The minimum atomic E-state index is -0.689. The molecule has 34 heavy (non-hydrogen) atoms. The fourth-order valence-electron chi connectivity index (χ4n) is 3.60. The molecule has 3 amide bonds. The van der Waals surface area contributed by atoms with Gasteiger partial charge in [0.05, 0.1) is 12.1 Å². The molecule has 1 aliphatic heterocycles. The number of amides is 3. The first-order valence-corrected chi connectivity index (χ1v) is 11.8. The number of nitrogens with two attached hydrogens (primary N) is 1. The number of alkyl carbamates (subject to hydrolysis) is 1. The van der Waals surface area contributed by atoms with Gasteiger partial charge in [-0.2, -0.15) is 0 Å². The summed E-state index contributed by atoms with van der Waals surface area (Å²) in [5.74, 6) is -0.272. The third kappa shape index (κ3) is 9.21. The van der Waals surface area contributed by atoms with Crippen molar-refractivity contribution in [2.75, 3.05) is 13.1 Å². The standard InChI is InChI=1S/C25H40N4O5/c1-24(2,3)33-22(31)27-14-10-9-13-19(26)21(30)28-20-16-29(23(32)34-25(4,5)6)15-17-11-7-8-12-18(17)20/h7-8,11-12,19-20H,9-10,13-16,26H2,1-6H3,(H,27,31)(H,28,30)/t19-,20-/m0/s1. The van der Waals surface area contributed by atoms with Crippen molar-refractivity contribution in [1.82, 2.24) is 15.5 Å². The number of fused-ring (bicyclic) bond motifs is 1. The van der Waals surface area contributed by atoms with E-state index in [9.17, 15) is 14.4 Å². The van der Waals surface area contributed by atoms with E-state index in [2.05, 4.69) is 10.6 Å². The molecule has 0 bridgehead atoms. The van der Waals surface area contributed by atoms with Crippen LogP contribution in [0.25, 0.3) is 0 Å². The number of nitrogens with one attached hydrogen (secondary N) is 2. The monoisotopic (exact) mass is 476 g/mol. The van der Waals surface area contributed by atoms with Crippen LogP contribution in [0.15, 0.2) is 24.3 Å². The van der Waals surface area contributed by atoms with E-state index >= 15 is 0 Å². The third-order valence-corrected chi connectivity index (χ3v) is 5.11. The van der Waals surface area contributed by atoms with Gasteiger partial charge in [-0.3, -0.25) is 4.79 Å². The van der Waals surface area contributed by atoms with Crippen molar-refractivity contribution in [3.63, 3.8) is 0 Å². The summed E-state index contributed by atoms with van der Waals surface area (Å²) in [6.07, 6.45) is 0.962. The zero-order valence-corrected chi connectivity index (χ0v) is 21.3. The van der Waals surface area contributed by atoms with Gasteiger partial charge in [0.2, 0.25) is 5.91 Å². The van der Waals surface area contributed by atoms with E-state index in [-0.39, 0.29) is 11.9 Å². The molecule has 0 unspecified atom stereocenters. The summed E-state index contributed by atoms with van der Waals surface area (Å²) in [4.78, 5) is 38.7. The van der Waals surface area contributed by atoms with Crippen LogP contribution < -0.4 is 16.4 Å². The molecule has 0 aromatic heterocycles. The number of rotatable bonds is 7. The summed E-state index contributed by atoms with van der Waals surface area (Å²) in [6, 6.07) is 6.67. The SMILES string of the molecule is CC(C)(C)OC(=O)NCCCC[C@H](N)C(=O)N[C@H]1CN(C(=O)OC(C)(C)C)Cc2ccccc21. The lowest BCUT2D eigenvalue weighted by molar-refractivity contribution is -0.123. The van der Waals surface area contributed by atoms with Gasteiger partial charge >= 0.3 is 12.2 Å². The molecule has 0 aliphatic carbocycles. The van der Waals surface area contributed by atoms with E-state index in [0.29, 0.717) is 38.9 Å². The van der Waals surface area contributed by atoms with Gasteiger partial charge in [-0.15, -0.1) is 0 Å². The number of benzene rings is 1. The summed E-state index contributed by atoms with van der Waals surface area (Å²) in [5, 5.41) is 5.70. The van der Waals surface area contributed by atoms with Crippen molar-refractivity contribution >= 4 is 18.1 Å². The normalized spacial score (nSPS) is 16.8. The Morgan fingerprint density at radius 3 is 2.35 bits per heavy atom. The molecular weight excluding hydrogens is 436 g/mol. The number of nitrogens with zero attached hydrogens (tertiary/aromatic N) is 1. The molecule has 0 spiro atoms. The van der Waals surface area contributed by atoms with Crippen LogP contribution in [0.2, 0.25) is 0 Å². The van der Waals surface area contributed by atoms with Gasteiger partial charge in [0.1, 0.15) is 11.2 Å². The Labute approximate surface area is 202 Å². The summed E-state index contributed by atoms with van der Waals surface area (Å²) < 4.78 is 10.7. The number of unbranched alkanes of at least 4 members (excludes halogenated alkanes) is 1. The highest BCUT2D eigenvalue weighted by atomic mass is 16.6. The highest BCUT2D eigenvalue weighted by Gasteiger charge is 2.32. The molecule has 0 fully saturated rings. The maximum atomic E-state index is 12.8. The number of hydrogen-bond donors (Lipinski definition) is 3. The molecule has 2 atom stereocenters. The van der Waals surface area contributed by atoms with Gasteiger partial charge in [-0.1, -0.05) is 24.3 Å². The van der Waals surface area contributed by atoms with Crippen LogP contribution in [0.3, 0.4) is 0 Å². The van der Waals surface area contributed by atoms with Gasteiger partial charge < -0.3 is 30.7 Å². The van der Waals surface area contributed by atoms with Crippen molar-refractivity contribution in [3.05, 3.63) is 35.4 Å². The Morgan fingerprint density at radius 1 is 1.06 bits per heavy atom. The molecule has 1 aromatic carbocycles. The van der Waals surface area contributed by atoms with Crippen molar-refractivity contribution in [1.29, 1.82) is 0 Å². The zero-order valence-electron chi connectivity index (χ0n) is 21.3. The zero-order chi connectivity index (χ0) is 25.5. The van der Waals surface area contributed by atoms with Crippen LogP contribution in [0.1, 0.15) is 78.0 Å². The maximum Gasteiger partial charge on any atom is 0.410 e. The molecule has 9 nitrogen and oxygen atoms in total. The van der Waals surface area contributed by atoms with E-state index in [1.54, 1.807) is 4.90 Å². The first-order valence-electron chi connectivity index (χ1n) is 11.8. The van der Waals surface area contributed by atoms with Crippen molar-refractivity contribution in [2.45, 2.75) is 90.6 Å². The van der Waals surface area contributed by atoms with Gasteiger partial charge in [-0.05, 0) is 71.9 Å². The maximum absolute atomic E-state index is 12.8. The second-order valence-corrected chi connectivity index (χ2v) is 10.7. The van der Waals surface area contributed by atoms with Crippen LogP contribution in [0.5, 0.6) is 0 Å². The average molecular weight is 477 g/mol. The highest BCUT2D eigenvalue weighted by molar-refractivity contribution is 5.82. The van der Waals surface area contributed by atoms with E-state index in [1.807, 2.05) is 65.8 Å². The molecule has 1 aliphatic rings. The van der Waals surface area contributed by atoms with Gasteiger partial charge in [-0.25, -0.2) is 9.59 Å². The third-order valence-electron chi connectivity index (χ3n) is 5.11. The molecule has 1 aromatic rings. The first-order chi connectivity index (χ1) is 15.7. The lowest BCUT2D eigenvalue weighted by Crippen LogP contribution is -2.49. The highest BCUT2D eigenvalue weighted by Crippen LogP contribution is 2.28. The molecule has 2 rings (SSSR count). The van der Waals surface area contributed by atoms with Crippen LogP contribution in [-0.4, -0.2) is 53.3 Å². The molecule has 1 heterocycles. The second-order valence-electron chi connectivity index (χ2n) is 10.7. The lowest BCUT2D eigenvalue weighted by atomic mass is 9.95. The Morgan fingerprint density at radius 2 is 1.71 bits per heavy atom. The number of carbonyl (C=O) groups excluding carboxylic acids is 3. The lowest BCUT2D eigenvalue weighted by Gasteiger charge is -2.36. The Kier molecular flexibility index (Phi) is 9.32. The molecule has 4 N–H and O–H groups in total. The van der Waals surface area contributed by atoms with Crippen molar-refractivity contribution < 1.29 is 23.9 Å². The Balaban J connectivity index is 1.87. The fraction of sp³-hybridized carbons (Fsp3) is 0.640. The summed E-state index contributed by atoms with van der Waals surface area (Å²) >= 11 is 0. The summed E-state index contributed by atoms with van der Waals surface area (Å²) in [5.41, 5.74) is 6.92. The molecule has 190 valence electrons. The summed E-state index contributed by atoms with van der Waals surface area (Å²) in [7, 11) is 0. The number of hydrogen-bond acceptors (Lipinski definition) is 6. The van der Waals surface area contributed by atoms with E-state index in [1.165, 1.54) is 0 Å². The van der Waals surface area contributed by atoms with E-state index < -0.39 is 29.4 Å². The van der Waals surface area contributed by atoms with E-state index in [4.69, 9.17) is 15.2 Å². The molecule has 0 saturated carbocycles. The number of carbonyl (C=O) groups is 3. The molecule has 0 saturated heterocycles. The van der Waals surface area contributed by atoms with Gasteiger partial charge in [0.15, 0.2) is 0 Å². The minimum Gasteiger partial charge on any atom is -0.444 e. The molecule has 9 heteroatoms. The van der Waals surface area contributed by atoms with Crippen molar-refractivity contribution in [2.24, 2.45) is 5.73 Å². The van der Waals surface area contributed by atoms with E-state index in [0.717, 1.165) is 11.1 Å². The predicted molar refractivity (Wildman–Crippen MR) is 130 cm³/mol. The Hall–Kier alpha value is -2.81. The quantitative estimate of drug-likeness (QED) is 0.517. The topological polar surface area (TPSA) is 123 Å². The van der Waals surface area contributed by atoms with Crippen LogP contribution in [0.4, 0.5) is 9.59 Å². The largest absolute Gasteiger partial charge is 0.444 e. The molecule has 0 radical (unpaired) electrons. The average Bonchev–Trinajstić information content (AvgIpc) is 2.70. The Bertz CT molecular complexity index is 860. The van der Waals surface area contributed by atoms with Gasteiger partial charge in [0, 0.05) is 19.6 Å². The smallest absolute Gasteiger partial charge is 0.410 e. The first kappa shape index (κ1) is 27.4. The van der Waals surface area contributed by atoms with Crippen LogP contribution in [0, 0.1) is 0 Å². The van der Waals surface area contributed by atoms with Crippen LogP contribution in [-0.2, 0) is 20.8 Å². The fourth-order valence-corrected chi connectivity index (χ4v) is 3.60. The molecular formula is C25H40N4O5. The predicted octanol–water partition coefficient (Wildman–Crippen LogP) is 3.62. The minimum absolute atomic E-state index is 0.272. The van der Waals surface area contributed by atoms with Gasteiger partial charge in [0.25, 0.3) is 0 Å². The number of ether oxygens (including phenoxy) is 2. The summed E-state index contributed by atoms with van der Waals surface area (Å²) in [6.45, 7) is 12.1. The second kappa shape index (κ2) is 11.6. The van der Waals surface area contributed by atoms with Crippen LogP contribution >= 0.6 is 0 Å². The van der Waals surface area contributed by atoms with Crippen molar-refractivity contribution in [3.8, 4) is 0 Å².